The molecular weight excluding hydrogens is 351 g/mol. The summed E-state index contributed by atoms with van der Waals surface area (Å²) < 4.78 is 39.8. The van der Waals surface area contributed by atoms with Gasteiger partial charge in [-0.15, -0.1) is 0 Å². The molecule has 0 aliphatic carbocycles. The van der Waals surface area contributed by atoms with Gasteiger partial charge in [-0.05, 0) is 47.8 Å². The van der Waals surface area contributed by atoms with Gasteiger partial charge in [0.05, 0.1) is 16.2 Å². The van der Waals surface area contributed by atoms with Gasteiger partial charge in [-0.1, -0.05) is 0 Å². The first kappa shape index (κ1) is 15.7. The quantitative estimate of drug-likeness (QED) is 0.780. The maximum Gasteiger partial charge on any atom is 0.244 e. The van der Waals surface area contributed by atoms with Crippen LogP contribution in [0.5, 0.6) is 0 Å². The lowest BCUT2D eigenvalue weighted by Crippen LogP contribution is -2.48. The molecule has 0 saturated carbocycles. The SMILES string of the molecule is CC1(O)CCCN(S(=O)(=O)c2cc(N)c(F)cc2Br)C1. The van der Waals surface area contributed by atoms with Crippen molar-refractivity contribution in [3.8, 4) is 0 Å². The highest BCUT2D eigenvalue weighted by atomic mass is 79.9. The van der Waals surface area contributed by atoms with E-state index in [1.807, 2.05) is 0 Å². The topological polar surface area (TPSA) is 83.6 Å². The second-order valence-corrected chi connectivity index (χ2v) is 8.00. The third-order valence-electron chi connectivity index (χ3n) is 3.31. The molecule has 2 rings (SSSR count). The zero-order valence-electron chi connectivity index (χ0n) is 10.9. The lowest BCUT2D eigenvalue weighted by Gasteiger charge is -2.36. The molecular formula is C12H16BrFN2O3S. The van der Waals surface area contributed by atoms with Gasteiger partial charge < -0.3 is 10.8 Å². The van der Waals surface area contributed by atoms with Gasteiger partial charge >= 0.3 is 0 Å². The molecule has 1 heterocycles. The van der Waals surface area contributed by atoms with Crippen molar-refractivity contribution < 1.29 is 17.9 Å². The van der Waals surface area contributed by atoms with Crippen LogP contribution in [0.2, 0.25) is 0 Å². The molecule has 0 amide bonds. The summed E-state index contributed by atoms with van der Waals surface area (Å²) in [5, 5.41) is 10.0. The average Bonchev–Trinajstić information content (AvgIpc) is 2.32. The second kappa shape index (κ2) is 5.25. The standard InChI is InChI=1S/C12H16BrFN2O3S/c1-12(17)3-2-4-16(7-12)20(18,19)11-6-10(15)9(14)5-8(11)13/h5-6,17H,2-4,7,15H2,1H3. The van der Waals surface area contributed by atoms with Crippen LogP contribution in [0.3, 0.4) is 0 Å². The minimum Gasteiger partial charge on any atom is -0.396 e. The van der Waals surface area contributed by atoms with Gasteiger partial charge in [0.2, 0.25) is 10.0 Å². The molecule has 0 radical (unpaired) electrons. The zero-order chi connectivity index (χ0) is 15.1. The molecule has 1 aliphatic rings. The molecule has 1 aromatic carbocycles. The lowest BCUT2D eigenvalue weighted by molar-refractivity contribution is 0.00939. The highest BCUT2D eigenvalue weighted by Gasteiger charge is 2.36. The summed E-state index contributed by atoms with van der Waals surface area (Å²) in [4.78, 5) is -0.0888. The van der Waals surface area contributed by atoms with Crippen molar-refractivity contribution in [1.82, 2.24) is 4.31 Å². The van der Waals surface area contributed by atoms with Crippen LogP contribution in [0.1, 0.15) is 19.8 Å². The van der Waals surface area contributed by atoms with E-state index < -0.39 is 21.4 Å². The van der Waals surface area contributed by atoms with Crippen LogP contribution in [-0.2, 0) is 10.0 Å². The number of anilines is 1. The van der Waals surface area contributed by atoms with Crippen molar-refractivity contribution in [1.29, 1.82) is 0 Å². The van der Waals surface area contributed by atoms with Crippen molar-refractivity contribution in [2.45, 2.75) is 30.3 Å². The summed E-state index contributed by atoms with van der Waals surface area (Å²) in [6.07, 6.45) is 1.12. The largest absolute Gasteiger partial charge is 0.396 e. The summed E-state index contributed by atoms with van der Waals surface area (Å²) in [5.74, 6) is -0.679. The van der Waals surface area contributed by atoms with Gasteiger partial charge in [-0.25, -0.2) is 12.8 Å². The summed E-state index contributed by atoms with van der Waals surface area (Å²) in [6, 6.07) is 2.13. The van der Waals surface area contributed by atoms with Gasteiger partial charge in [0.1, 0.15) is 5.82 Å². The summed E-state index contributed by atoms with van der Waals surface area (Å²) >= 11 is 3.05. The van der Waals surface area contributed by atoms with Crippen LogP contribution in [0.25, 0.3) is 0 Å². The Morgan fingerprint density at radius 1 is 1.50 bits per heavy atom. The summed E-state index contributed by atoms with van der Waals surface area (Å²) in [7, 11) is -3.82. The number of piperidine rings is 1. The molecule has 0 bridgehead atoms. The van der Waals surface area contributed by atoms with Crippen LogP contribution in [0, 0.1) is 5.82 Å². The highest BCUT2D eigenvalue weighted by Crippen LogP contribution is 2.32. The van der Waals surface area contributed by atoms with E-state index in [-0.39, 0.29) is 21.6 Å². The number of β-amino-alcohol motifs (C(OH)–C–C–N with tert-alkyl or cyclic N) is 1. The number of sulfonamides is 1. The van der Waals surface area contributed by atoms with Gasteiger partial charge in [0.15, 0.2) is 0 Å². The molecule has 1 atom stereocenters. The molecule has 1 fully saturated rings. The second-order valence-electron chi connectivity index (χ2n) is 5.24. The van der Waals surface area contributed by atoms with E-state index in [4.69, 9.17) is 5.73 Å². The predicted octanol–water partition coefficient (Wildman–Crippen LogP) is 1.71. The van der Waals surface area contributed by atoms with Gasteiger partial charge in [0.25, 0.3) is 0 Å². The fraction of sp³-hybridized carbons (Fsp3) is 0.500. The Morgan fingerprint density at radius 3 is 2.75 bits per heavy atom. The van der Waals surface area contributed by atoms with E-state index in [1.54, 1.807) is 6.92 Å². The number of rotatable bonds is 2. The first-order chi connectivity index (χ1) is 9.13. The molecule has 1 unspecified atom stereocenters. The van der Waals surface area contributed by atoms with Crippen LogP contribution >= 0.6 is 15.9 Å². The highest BCUT2D eigenvalue weighted by molar-refractivity contribution is 9.10. The van der Waals surface area contributed by atoms with Crippen LogP contribution < -0.4 is 5.73 Å². The van der Waals surface area contributed by atoms with Crippen molar-refractivity contribution in [3.63, 3.8) is 0 Å². The first-order valence-electron chi connectivity index (χ1n) is 6.10. The summed E-state index contributed by atoms with van der Waals surface area (Å²) in [5.41, 5.74) is 4.16. The number of hydrogen-bond acceptors (Lipinski definition) is 4. The molecule has 112 valence electrons. The minimum atomic E-state index is -3.82. The number of aliphatic hydroxyl groups is 1. The number of nitrogen functional groups attached to an aromatic ring is 1. The molecule has 5 nitrogen and oxygen atoms in total. The fourth-order valence-corrected chi connectivity index (χ4v) is 4.87. The third kappa shape index (κ3) is 2.98. The Hall–Kier alpha value is -0.700. The van der Waals surface area contributed by atoms with Gasteiger partial charge in [-0.3, -0.25) is 0 Å². The smallest absolute Gasteiger partial charge is 0.244 e. The Labute approximate surface area is 125 Å². The molecule has 1 aromatic rings. The Morgan fingerprint density at radius 2 is 2.15 bits per heavy atom. The van der Waals surface area contributed by atoms with Crippen molar-refractivity contribution in [2.75, 3.05) is 18.8 Å². The first-order valence-corrected chi connectivity index (χ1v) is 8.34. The number of nitrogens with two attached hydrogens (primary N) is 1. The Kier molecular flexibility index (Phi) is 4.12. The molecule has 8 heteroatoms. The molecule has 1 aliphatic heterocycles. The maximum atomic E-state index is 13.3. The third-order valence-corrected chi connectivity index (χ3v) is 6.11. The van der Waals surface area contributed by atoms with E-state index in [0.29, 0.717) is 19.4 Å². The van der Waals surface area contributed by atoms with E-state index in [1.165, 1.54) is 4.31 Å². The molecule has 0 spiro atoms. The number of benzene rings is 1. The maximum absolute atomic E-state index is 13.3. The Bertz CT molecular complexity index is 634. The van der Waals surface area contributed by atoms with Crippen LogP contribution in [0.4, 0.5) is 10.1 Å². The number of hydrogen-bond donors (Lipinski definition) is 2. The minimum absolute atomic E-state index is 0.0130. The monoisotopic (exact) mass is 366 g/mol. The van der Waals surface area contributed by atoms with Crippen molar-refractivity contribution in [3.05, 3.63) is 22.4 Å². The number of nitrogens with zero attached hydrogens (tertiary/aromatic N) is 1. The van der Waals surface area contributed by atoms with E-state index in [2.05, 4.69) is 15.9 Å². The van der Waals surface area contributed by atoms with E-state index in [9.17, 15) is 17.9 Å². The summed E-state index contributed by atoms with van der Waals surface area (Å²) in [6.45, 7) is 1.93. The molecule has 1 saturated heterocycles. The molecule has 3 N–H and O–H groups in total. The molecule has 0 aromatic heterocycles. The van der Waals surface area contributed by atoms with Crippen molar-refractivity contribution >= 4 is 31.6 Å². The Balaban J connectivity index is 2.43. The zero-order valence-corrected chi connectivity index (χ0v) is 13.3. The predicted molar refractivity (Wildman–Crippen MR) is 77.1 cm³/mol. The molecule has 20 heavy (non-hydrogen) atoms. The fourth-order valence-electron chi connectivity index (χ4n) is 2.26. The van der Waals surface area contributed by atoms with Crippen molar-refractivity contribution in [2.24, 2.45) is 0 Å². The lowest BCUT2D eigenvalue weighted by atomic mass is 9.97. The normalized spacial score (nSPS) is 24.8. The number of halogens is 2. The van der Waals surface area contributed by atoms with E-state index >= 15 is 0 Å². The van der Waals surface area contributed by atoms with Crippen LogP contribution in [-0.4, -0.2) is 36.5 Å². The van der Waals surface area contributed by atoms with Crippen LogP contribution in [0.15, 0.2) is 21.5 Å². The van der Waals surface area contributed by atoms with E-state index in [0.717, 1.165) is 12.1 Å². The average molecular weight is 367 g/mol. The van der Waals surface area contributed by atoms with Gasteiger partial charge in [0, 0.05) is 17.6 Å². The van der Waals surface area contributed by atoms with Gasteiger partial charge in [-0.2, -0.15) is 4.31 Å².